The summed E-state index contributed by atoms with van der Waals surface area (Å²) in [6.45, 7) is 0.356. The Morgan fingerprint density at radius 2 is 1.94 bits per heavy atom. The van der Waals surface area contributed by atoms with Crippen LogP contribution in [0.2, 0.25) is 0 Å². The van der Waals surface area contributed by atoms with Crippen molar-refractivity contribution in [2.75, 3.05) is 0 Å². The first-order chi connectivity index (χ1) is 8.34. The van der Waals surface area contributed by atoms with E-state index in [1.165, 1.54) is 19.3 Å². The van der Waals surface area contributed by atoms with Gasteiger partial charge < -0.3 is 10.1 Å². The van der Waals surface area contributed by atoms with E-state index in [-0.39, 0.29) is 6.09 Å². The van der Waals surface area contributed by atoms with E-state index in [1.54, 1.807) is 0 Å². The average Bonchev–Trinajstić information content (AvgIpc) is 2.79. The van der Waals surface area contributed by atoms with Crippen LogP contribution in [0.3, 0.4) is 0 Å². The Bertz CT molecular complexity index is 394. The van der Waals surface area contributed by atoms with Crippen molar-refractivity contribution in [1.82, 2.24) is 5.32 Å². The van der Waals surface area contributed by atoms with Crippen LogP contribution < -0.4 is 5.32 Å². The molecule has 3 nitrogen and oxygen atoms in total. The van der Waals surface area contributed by atoms with Gasteiger partial charge in [0.15, 0.2) is 0 Å². The number of nitrogens with one attached hydrogen (secondary N) is 1. The lowest BCUT2D eigenvalue weighted by Crippen LogP contribution is -2.29. The van der Waals surface area contributed by atoms with Gasteiger partial charge in [-0.25, -0.2) is 4.79 Å². The molecule has 1 N–H and O–H groups in total. The van der Waals surface area contributed by atoms with Crippen LogP contribution in [0.4, 0.5) is 4.79 Å². The fourth-order valence-corrected chi connectivity index (χ4v) is 2.94. The van der Waals surface area contributed by atoms with Gasteiger partial charge in [-0.15, -0.1) is 0 Å². The average molecular weight is 231 g/mol. The number of amides is 1. The minimum atomic E-state index is -0.270. The zero-order chi connectivity index (χ0) is 11.7. The number of ether oxygens (including phenoxy) is 1. The van der Waals surface area contributed by atoms with Crippen LogP contribution in [0.15, 0.2) is 30.3 Å². The minimum Gasteiger partial charge on any atom is -0.445 e. The second-order valence-corrected chi connectivity index (χ2v) is 4.99. The number of rotatable bonds is 3. The number of carbonyl (C=O) groups is 1. The molecule has 3 rings (SSSR count). The van der Waals surface area contributed by atoms with E-state index >= 15 is 0 Å². The van der Waals surface area contributed by atoms with Crippen LogP contribution in [-0.4, -0.2) is 12.1 Å². The molecule has 3 atom stereocenters. The molecule has 1 amide bonds. The van der Waals surface area contributed by atoms with E-state index in [1.807, 2.05) is 30.3 Å². The summed E-state index contributed by atoms with van der Waals surface area (Å²) in [5, 5.41) is 2.96. The second kappa shape index (κ2) is 4.40. The number of hydrogen-bond donors (Lipinski definition) is 1. The first-order valence-electron chi connectivity index (χ1n) is 6.32. The lowest BCUT2D eigenvalue weighted by Gasteiger charge is -2.08. The highest BCUT2D eigenvalue weighted by Gasteiger charge is 2.53. The van der Waals surface area contributed by atoms with Crippen molar-refractivity contribution >= 4 is 6.09 Å². The monoisotopic (exact) mass is 231 g/mol. The topological polar surface area (TPSA) is 38.3 Å². The Balaban J connectivity index is 1.42. The maximum Gasteiger partial charge on any atom is 0.407 e. The smallest absolute Gasteiger partial charge is 0.407 e. The van der Waals surface area contributed by atoms with E-state index in [0.29, 0.717) is 12.6 Å². The van der Waals surface area contributed by atoms with Gasteiger partial charge in [0.05, 0.1) is 0 Å². The standard InChI is InChI=1S/C14H17NO2/c16-14(15-13-11-7-4-8-12(11)13)17-9-10-5-2-1-3-6-10/h1-3,5-6,11-13H,4,7-9H2,(H,15,16)/t11-,12+,13?. The van der Waals surface area contributed by atoms with E-state index < -0.39 is 0 Å². The maximum atomic E-state index is 11.6. The number of alkyl carbamates (subject to hydrolysis) is 1. The molecule has 0 radical (unpaired) electrons. The normalized spacial score (nSPS) is 29.5. The van der Waals surface area contributed by atoms with Gasteiger partial charge in [0.2, 0.25) is 0 Å². The summed E-state index contributed by atoms with van der Waals surface area (Å²) in [7, 11) is 0. The third kappa shape index (κ3) is 2.28. The van der Waals surface area contributed by atoms with E-state index in [2.05, 4.69) is 5.32 Å². The second-order valence-electron chi connectivity index (χ2n) is 4.99. The van der Waals surface area contributed by atoms with Crippen molar-refractivity contribution in [2.45, 2.75) is 31.9 Å². The molecular weight excluding hydrogens is 214 g/mol. The van der Waals surface area contributed by atoms with Crippen LogP contribution in [0.1, 0.15) is 24.8 Å². The molecule has 1 unspecified atom stereocenters. The summed E-state index contributed by atoms with van der Waals surface area (Å²) in [5.74, 6) is 1.47. The molecule has 2 fully saturated rings. The van der Waals surface area contributed by atoms with Crippen LogP contribution >= 0.6 is 0 Å². The van der Waals surface area contributed by atoms with Crippen molar-refractivity contribution in [2.24, 2.45) is 11.8 Å². The van der Waals surface area contributed by atoms with Gasteiger partial charge in [0.25, 0.3) is 0 Å². The van der Waals surface area contributed by atoms with Crippen LogP contribution in [0.5, 0.6) is 0 Å². The Morgan fingerprint density at radius 3 is 2.65 bits per heavy atom. The lowest BCUT2D eigenvalue weighted by molar-refractivity contribution is 0.138. The zero-order valence-electron chi connectivity index (χ0n) is 9.76. The molecule has 0 saturated heterocycles. The molecule has 90 valence electrons. The zero-order valence-corrected chi connectivity index (χ0v) is 9.76. The van der Waals surface area contributed by atoms with E-state index in [0.717, 1.165) is 17.4 Å². The van der Waals surface area contributed by atoms with Gasteiger partial charge in [-0.05, 0) is 30.2 Å². The van der Waals surface area contributed by atoms with Gasteiger partial charge in [-0.1, -0.05) is 36.8 Å². The van der Waals surface area contributed by atoms with Gasteiger partial charge in [-0.3, -0.25) is 0 Å². The molecule has 1 aromatic carbocycles. The molecule has 2 aliphatic carbocycles. The first kappa shape index (κ1) is 10.6. The summed E-state index contributed by atoms with van der Waals surface area (Å²) in [4.78, 5) is 11.6. The third-order valence-electron chi connectivity index (χ3n) is 3.90. The predicted octanol–water partition coefficient (Wildman–Crippen LogP) is 2.71. The summed E-state index contributed by atoms with van der Waals surface area (Å²) in [5.41, 5.74) is 1.03. The van der Waals surface area contributed by atoms with Crippen molar-refractivity contribution < 1.29 is 9.53 Å². The third-order valence-corrected chi connectivity index (χ3v) is 3.90. The van der Waals surface area contributed by atoms with Gasteiger partial charge in [0.1, 0.15) is 6.61 Å². The number of benzene rings is 1. The van der Waals surface area contributed by atoms with Gasteiger partial charge >= 0.3 is 6.09 Å². The highest BCUT2D eigenvalue weighted by molar-refractivity contribution is 5.68. The van der Waals surface area contributed by atoms with E-state index in [9.17, 15) is 4.79 Å². The summed E-state index contributed by atoms with van der Waals surface area (Å²) in [6, 6.07) is 10.2. The Hall–Kier alpha value is -1.51. The SMILES string of the molecule is O=C(NC1[C@H]2CCC[C@@H]12)OCc1ccccc1. The number of carbonyl (C=O) groups excluding carboxylic acids is 1. The Labute approximate surface area is 101 Å². The quantitative estimate of drug-likeness (QED) is 0.868. The summed E-state index contributed by atoms with van der Waals surface area (Å²) in [6.07, 6.45) is 3.60. The van der Waals surface area contributed by atoms with Crippen molar-refractivity contribution in [3.05, 3.63) is 35.9 Å². The largest absolute Gasteiger partial charge is 0.445 e. The van der Waals surface area contributed by atoms with E-state index in [4.69, 9.17) is 4.74 Å². The fourth-order valence-electron chi connectivity index (χ4n) is 2.94. The molecule has 0 aromatic heterocycles. The van der Waals surface area contributed by atoms with Crippen LogP contribution in [0.25, 0.3) is 0 Å². The van der Waals surface area contributed by atoms with Gasteiger partial charge in [-0.2, -0.15) is 0 Å². The van der Waals surface area contributed by atoms with Crippen LogP contribution in [0, 0.1) is 11.8 Å². The molecule has 0 aliphatic heterocycles. The maximum absolute atomic E-state index is 11.6. The van der Waals surface area contributed by atoms with Crippen LogP contribution in [-0.2, 0) is 11.3 Å². The minimum absolute atomic E-state index is 0.270. The molecule has 2 aliphatic rings. The molecule has 3 heteroatoms. The number of fused-ring (bicyclic) bond motifs is 1. The molecule has 1 aromatic rings. The summed E-state index contributed by atoms with van der Waals surface area (Å²) < 4.78 is 5.19. The number of hydrogen-bond acceptors (Lipinski definition) is 2. The first-order valence-corrected chi connectivity index (χ1v) is 6.32. The molecule has 17 heavy (non-hydrogen) atoms. The Morgan fingerprint density at radius 1 is 1.24 bits per heavy atom. The molecule has 2 saturated carbocycles. The highest BCUT2D eigenvalue weighted by atomic mass is 16.5. The molecular formula is C14H17NO2. The van der Waals surface area contributed by atoms with Crippen molar-refractivity contribution in [3.63, 3.8) is 0 Å². The predicted molar refractivity (Wildman–Crippen MR) is 64.4 cm³/mol. The molecule has 0 heterocycles. The van der Waals surface area contributed by atoms with Crippen molar-refractivity contribution in [3.8, 4) is 0 Å². The van der Waals surface area contributed by atoms with Gasteiger partial charge in [0, 0.05) is 6.04 Å². The summed E-state index contributed by atoms with van der Waals surface area (Å²) >= 11 is 0. The Kier molecular flexibility index (Phi) is 2.75. The van der Waals surface area contributed by atoms with Crippen molar-refractivity contribution in [1.29, 1.82) is 0 Å². The molecule has 0 spiro atoms. The highest BCUT2D eigenvalue weighted by Crippen LogP contribution is 2.51. The molecule has 0 bridgehead atoms. The fraction of sp³-hybridized carbons (Fsp3) is 0.500. The lowest BCUT2D eigenvalue weighted by atomic mass is 10.2.